The number of halogens is 1. The fraction of sp³-hybridized carbons (Fsp3) is 0.455. The average Bonchev–Trinajstić information content (AvgIpc) is 2.75. The first-order valence-corrected chi connectivity index (χ1v) is 7.85. The molecule has 2 N–H and O–H groups in total. The Hall–Kier alpha value is -0.430. The van der Waals surface area contributed by atoms with Gasteiger partial charge in [0.25, 0.3) is 0 Å². The van der Waals surface area contributed by atoms with Gasteiger partial charge in [0.2, 0.25) is 10.0 Å². The van der Waals surface area contributed by atoms with Crippen LogP contribution >= 0.6 is 15.9 Å². The molecule has 1 aliphatic heterocycles. The van der Waals surface area contributed by atoms with E-state index < -0.39 is 10.0 Å². The molecule has 1 saturated carbocycles. The van der Waals surface area contributed by atoms with Gasteiger partial charge >= 0.3 is 0 Å². The molecule has 1 heterocycles. The van der Waals surface area contributed by atoms with Crippen molar-refractivity contribution in [1.82, 2.24) is 10.0 Å². The fourth-order valence-electron chi connectivity index (χ4n) is 2.50. The summed E-state index contributed by atoms with van der Waals surface area (Å²) in [5.74, 6) is 0.958. The van der Waals surface area contributed by atoms with Gasteiger partial charge < -0.3 is 5.32 Å². The molecule has 0 bridgehead atoms. The van der Waals surface area contributed by atoms with E-state index in [1.807, 2.05) is 0 Å². The van der Waals surface area contributed by atoms with Crippen molar-refractivity contribution >= 4 is 26.0 Å². The van der Waals surface area contributed by atoms with Crippen molar-refractivity contribution in [2.75, 3.05) is 13.1 Å². The zero-order valence-electron chi connectivity index (χ0n) is 9.06. The third-order valence-electron chi connectivity index (χ3n) is 3.51. The summed E-state index contributed by atoms with van der Waals surface area (Å²) in [6.07, 6.45) is 0. The molecule has 2 fully saturated rings. The van der Waals surface area contributed by atoms with E-state index >= 15 is 0 Å². The van der Waals surface area contributed by atoms with Crippen molar-refractivity contribution in [3.8, 4) is 0 Å². The first kappa shape index (κ1) is 11.6. The molecule has 0 amide bonds. The Morgan fingerprint density at radius 2 is 1.88 bits per heavy atom. The first-order valence-electron chi connectivity index (χ1n) is 5.57. The maximum Gasteiger partial charge on any atom is 0.241 e. The second-order valence-electron chi connectivity index (χ2n) is 4.56. The lowest BCUT2D eigenvalue weighted by molar-refractivity contribution is 0.565. The van der Waals surface area contributed by atoms with E-state index in [9.17, 15) is 8.42 Å². The molecule has 1 aliphatic carbocycles. The number of piperidine rings is 1. The Morgan fingerprint density at radius 1 is 1.24 bits per heavy atom. The number of rotatable bonds is 3. The SMILES string of the molecule is O=S(=O)(NC1C2CNCC21)c1ccccc1Br. The minimum absolute atomic E-state index is 0.119. The van der Waals surface area contributed by atoms with Crippen molar-refractivity contribution in [3.05, 3.63) is 28.7 Å². The molecule has 2 aliphatic rings. The predicted octanol–water partition coefficient (Wildman–Crippen LogP) is 0.945. The van der Waals surface area contributed by atoms with Crippen LogP contribution in [0.3, 0.4) is 0 Å². The maximum absolute atomic E-state index is 12.2. The lowest BCUT2D eigenvalue weighted by Gasteiger charge is -2.10. The van der Waals surface area contributed by atoms with Gasteiger partial charge in [-0.25, -0.2) is 13.1 Å². The highest BCUT2D eigenvalue weighted by Gasteiger charge is 2.54. The first-order chi connectivity index (χ1) is 8.09. The van der Waals surface area contributed by atoms with E-state index in [0.29, 0.717) is 21.2 Å². The van der Waals surface area contributed by atoms with Gasteiger partial charge in [0.1, 0.15) is 0 Å². The van der Waals surface area contributed by atoms with Gasteiger partial charge in [-0.15, -0.1) is 0 Å². The van der Waals surface area contributed by atoms with E-state index in [0.717, 1.165) is 13.1 Å². The van der Waals surface area contributed by atoms with Gasteiger partial charge in [-0.1, -0.05) is 12.1 Å². The molecule has 6 heteroatoms. The third-order valence-corrected chi connectivity index (χ3v) is 5.98. The Kier molecular flexibility index (Phi) is 2.77. The van der Waals surface area contributed by atoms with Crippen molar-refractivity contribution < 1.29 is 8.42 Å². The summed E-state index contributed by atoms with van der Waals surface area (Å²) in [7, 11) is -3.39. The van der Waals surface area contributed by atoms with Crippen molar-refractivity contribution in [2.45, 2.75) is 10.9 Å². The molecule has 92 valence electrons. The van der Waals surface area contributed by atoms with Gasteiger partial charge in [-0.3, -0.25) is 0 Å². The molecule has 0 spiro atoms. The average molecular weight is 317 g/mol. The molecule has 0 radical (unpaired) electrons. The molecule has 4 nitrogen and oxygen atoms in total. The van der Waals surface area contributed by atoms with E-state index in [1.165, 1.54) is 0 Å². The summed E-state index contributed by atoms with van der Waals surface area (Å²) in [6.45, 7) is 1.85. The topological polar surface area (TPSA) is 58.2 Å². The zero-order valence-corrected chi connectivity index (χ0v) is 11.5. The quantitative estimate of drug-likeness (QED) is 0.872. The highest BCUT2D eigenvalue weighted by molar-refractivity contribution is 9.10. The minimum atomic E-state index is -3.39. The fourth-order valence-corrected chi connectivity index (χ4v) is 4.84. The van der Waals surface area contributed by atoms with Crippen molar-refractivity contribution in [1.29, 1.82) is 0 Å². The summed E-state index contributed by atoms with van der Waals surface area (Å²) in [5, 5.41) is 3.24. The predicted molar refractivity (Wildman–Crippen MR) is 68.1 cm³/mol. The summed E-state index contributed by atoms with van der Waals surface area (Å²) >= 11 is 3.27. The molecule has 3 rings (SSSR count). The van der Waals surface area contributed by atoms with Gasteiger partial charge in [-0.05, 0) is 53.0 Å². The van der Waals surface area contributed by atoms with Crippen LogP contribution in [-0.4, -0.2) is 27.5 Å². The monoisotopic (exact) mass is 316 g/mol. The molecule has 1 saturated heterocycles. The lowest BCUT2D eigenvalue weighted by atomic mass is 10.4. The van der Waals surface area contributed by atoms with Crippen LogP contribution in [0.15, 0.2) is 33.6 Å². The number of hydrogen-bond donors (Lipinski definition) is 2. The number of sulfonamides is 1. The van der Waals surface area contributed by atoms with Crippen molar-refractivity contribution in [2.24, 2.45) is 11.8 Å². The number of nitrogens with one attached hydrogen (secondary N) is 2. The van der Waals surface area contributed by atoms with Crippen LogP contribution in [0.1, 0.15) is 0 Å². The second kappa shape index (κ2) is 4.05. The maximum atomic E-state index is 12.2. The Morgan fingerprint density at radius 3 is 2.53 bits per heavy atom. The largest absolute Gasteiger partial charge is 0.316 e. The summed E-state index contributed by atoms with van der Waals surface area (Å²) in [4.78, 5) is 0.318. The van der Waals surface area contributed by atoms with Crippen LogP contribution < -0.4 is 10.0 Å². The second-order valence-corrected chi connectivity index (χ2v) is 7.10. The zero-order chi connectivity index (χ0) is 12.0. The standard InChI is InChI=1S/C11H13BrN2O2S/c12-9-3-1-2-4-10(9)17(15,16)14-11-7-5-13-6-8(7)11/h1-4,7-8,11,13-14H,5-6H2. The number of hydrogen-bond acceptors (Lipinski definition) is 3. The van der Waals surface area contributed by atoms with Crippen LogP contribution in [0.2, 0.25) is 0 Å². The Balaban J connectivity index is 1.80. The minimum Gasteiger partial charge on any atom is -0.316 e. The highest BCUT2D eigenvalue weighted by Crippen LogP contribution is 2.42. The summed E-state index contributed by atoms with van der Waals surface area (Å²) in [6, 6.07) is 7.01. The van der Waals surface area contributed by atoms with Crippen LogP contribution in [0.4, 0.5) is 0 Å². The Bertz CT molecular complexity index is 536. The molecule has 1 aromatic rings. The van der Waals surface area contributed by atoms with Gasteiger partial charge in [0.15, 0.2) is 0 Å². The van der Waals surface area contributed by atoms with Crippen LogP contribution in [0.25, 0.3) is 0 Å². The molecule has 1 aromatic carbocycles. The van der Waals surface area contributed by atoms with Crippen molar-refractivity contribution in [3.63, 3.8) is 0 Å². The van der Waals surface area contributed by atoms with Gasteiger partial charge in [-0.2, -0.15) is 0 Å². The number of fused-ring (bicyclic) bond motifs is 1. The van der Waals surface area contributed by atoms with Gasteiger partial charge in [0, 0.05) is 10.5 Å². The molecule has 2 atom stereocenters. The van der Waals surface area contributed by atoms with Crippen LogP contribution in [0, 0.1) is 11.8 Å². The molecule has 17 heavy (non-hydrogen) atoms. The van der Waals surface area contributed by atoms with Crippen LogP contribution in [-0.2, 0) is 10.0 Å². The van der Waals surface area contributed by atoms with E-state index in [2.05, 4.69) is 26.0 Å². The highest BCUT2D eigenvalue weighted by atomic mass is 79.9. The molecular weight excluding hydrogens is 304 g/mol. The van der Waals surface area contributed by atoms with E-state index in [-0.39, 0.29) is 6.04 Å². The number of benzene rings is 1. The van der Waals surface area contributed by atoms with E-state index in [4.69, 9.17) is 0 Å². The molecule has 2 unspecified atom stereocenters. The Labute approximate surface area is 109 Å². The summed E-state index contributed by atoms with van der Waals surface area (Å²) in [5.41, 5.74) is 0. The smallest absolute Gasteiger partial charge is 0.241 e. The molecule has 0 aromatic heterocycles. The van der Waals surface area contributed by atoms with E-state index in [1.54, 1.807) is 24.3 Å². The van der Waals surface area contributed by atoms with Gasteiger partial charge in [0.05, 0.1) is 4.90 Å². The summed E-state index contributed by atoms with van der Waals surface area (Å²) < 4.78 is 27.7. The third kappa shape index (κ3) is 2.03. The normalized spacial score (nSPS) is 31.2. The van der Waals surface area contributed by atoms with Crippen LogP contribution in [0.5, 0.6) is 0 Å². The lowest BCUT2D eigenvalue weighted by Crippen LogP contribution is -2.32. The molecular formula is C11H13BrN2O2S.